The zero-order chi connectivity index (χ0) is 21.1. The Labute approximate surface area is 167 Å². The monoisotopic (exact) mass is 416 g/mol. The Balaban J connectivity index is 1.70. The Morgan fingerprint density at radius 2 is 1.90 bits per heavy atom. The number of benzene rings is 2. The fourth-order valence-electron chi connectivity index (χ4n) is 2.50. The first-order chi connectivity index (χ1) is 13.8. The molecule has 2 aromatic carbocycles. The smallest absolute Gasteiger partial charge is 0.339 e. The number of rotatable bonds is 5. The maximum Gasteiger partial charge on any atom is 0.339 e. The van der Waals surface area contributed by atoms with Gasteiger partial charge in [0.15, 0.2) is 0 Å². The van der Waals surface area contributed by atoms with Crippen LogP contribution in [0.4, 0.5) is 14.9 Å². The zero-order valence-corrected chi connectivity index (χ0v) is 15.4. The van der Waals surface area contributed by atoms with Crippen LogP contribution in [0.1, 0.15) is 15.9 Å². The summed E-state index contributed by atoms with van der Waals surface area (Å²) >= 11 is 0.588. The van der Waals surface area contributed by atoms with E-state index >= 15 is 0 Å². The van der Waals surface area contributed by atoms with E-state index in [2.05, 4.69) is 5.32 Å². The zero-order valence-electron chi connectivity index (χ0n) is 14.6. The normalized spacial score (nSPS) is 15.1. The van der Waals surface area contributed by atoms with E-state index in [9.17, 15) is 28.7 Å². The predicted molar refractivity (Wildman–Crippen MR) is 103 cm³/mol. The molecule has 29 heavy (non-hydrogen) atoms. The first-order valence-corrected chi connectivity index (χ1v) is 8.94. The summed E-state index contributed by atoms with van der Waals surface area (Å²) in [5.41, 5.74) is -0.116. The average molecular weight is 416 g/mol. The number of carboxylic acids is 1. The van der Waals surface area contributed by atoms with Crippen LogP contribution in [0.15, 0.2) is 47.4 Å². The second-order valence-corrected chi connectivity index (χ2v) is 6.87. The van der Waals surface area contributed by atoms with E-state index in [-0.39, 0.29) is 21.7 Å². The summed E-state index contributed by atoms with van der Waals surface area (Å²) in [6.07, 6.45) is 1.24. The van der Waals surface area contributed by atoms with Crippen LogP contribution in [-0.2, 0) is 9.59 Å². The highest BCUT2D eigenvalue weighted by Crippen LogP contribution is 2.32. The molecular formula is C19H13FN2O6S. The van der Waals surface area contributed by atoms with Crippen LogP contribution in [0.3, 0.4) is 0 Å². The van der Waals surface area contributed by atoms with Gasteiger partial charge in [0.1, 0.15) is 23.7 Å². The van der Waals surface area contributed by atoms with Gasteiger partial charge in [-0.1, -0.05) is 18.2 Å². The summed E-state index contributed by atoms with van der Waals surface area (Å²) < 4.78 is 13.7. The van der Waals surface area contributed by atoms with E-state index < -0.39 is 41.1 Å². The number of carbonyl (C=O) groups is 4. The highest BCUT2D eigenvalue weighted by atomic mass is 32.2. The number of phenols is 1. The highest BCUT2D eigenvalue weighted by Gasteiger charge is 2.36. The fourth-order valence-corrected chi connectivity index (χ4v) is 3.33. The van der Waals surface area contributed by atoms with Crippen LogP contribution in [-0.4, -0.2) is 44.7 Å². The van der Waals surface area contributed by atoms with Crippen LogP contribution in [0.25, 0.3) is 6.08 Å². The van der Waals surface area contributed by atoms with Gasteiger partial charge in [-0.3, -0.25) is 19.3 Å². The number of hydrogen-bond donors (Lipinski definition) is 3. The molecule has 10 heteroatoms. The molecule has 0 aromatic heterocycles. The molecule has 148 valence electrons. The standard InChI is InChI=1S/C19H13FN2O6S/c20-13-4-2-1-3-10(13)7-15-17(25)22(19(28)29-15)9-16(24)21-11-5-6-12(18(26)27)14(23)8-11/h1-8,23H,9H2,(H,21,24)(H,26,27)/b15-7-. The molecule has 0 aliphatic carbocycles. The Hall–Kier alpha value is -3.66. The van der Waals surface area contributed by atoms with Crippen molar-refractivity contribution in [3.05, 3.63) is 64.3 Å². The molecule has 0 radical (unpaired) electrons. The molecule has 1 heterocycles. The van der Waals surface area contributed by atoms with Crippen molar-refractivity contribution < 1.29 is 33.8 Å². The predicted octanol–water partition coefficient (Wildman–Crippen LogP) is 2.90. The number of hydrogen-bond acceptors (Lipinski definition) is 6. The van der Waals surface area contributed by atoms with Crippen molar-refractivity contribution in [2.45, 2.75) is 0 Å². The van der Waals surface area contributed by atoms with Crippen molar-refractivity contribution in [1.29, 1.82) is 0 Å². The maximum atomic E-state index is 13.7. The molecule has 0 atom stereocenters. The Kier molecular flexibility index (Phi) is 5.64. The second-order valence-electron chi connectivity index (χ2n) is 5.87. The van der Waals surface area contributed by atoms with Gasteiger partial charge in [-0.2, -0.15) is 0 Å². The third-order valence-electron chi connectivity index (χ3n) is 3.88. The lowest BCUT2D eigenvalue weighted by molar-refractivity contribution is -0.127. The molecule has 3 amide bonds. The molecule has 1 fully saturated rings. The van der Waals surface area contributed by atoms with Gasteiger partial charge in [0, 0.05) is 17.3 Å². The van der Waals surface area contributed by atoms with Crippen molar-refractivity contribution in [1.82, 2.24) is 4.90 Å². The van der Waals surface area contributed by atoms with Crippen LogP contribution in [0, 0.1) is 5.82 Å². The van der Waals surface area contributed by atoms with E-state index in [0.29, 0.717) is 16.7 Å². The van der Waals surface area contributed by atoms with Crippen LogP contribution in [0.2, 0.25) is 0 Å². The Morgan fingerprint density at radius 1 is 1.17 bits per heavy atom. The number of aromatic hydroxyl groups is 1. The van der Waals surface area contributed by atoms with Crippen LogP contribution in [0.5, 0.6) is 5.75 Å². The van der Waals surface area contributed by atoms with Crippen LogP contribution < -0.4 is 5.32 Å². The number of imide groups is 1. The lowest BCUT2D eigenvalue weighted by atomic mass is 10.2. The number of anilines is 1. The van der Waals surface area contributed by atoms with E-state index in [1.807, 2.05) is 0 Å². The van der Waals surface area contributed by atoms with Crippen molar-refractivity contribution in [3.63, 3.8) is 0 Å². The van der Waals surface area contributed by atoms with E-state index in [0.717, 1.165) is 12.1 Å². The summed E-state index contributed by atoms with van der Waals surface area (Å²) in [4.78, 5) is 48.2. The molecule has 3 rings (SSSR count). The van der Waals surface area contributed by atoms with Crippen molar-refractivity contribution in [2.24, 2.45) is 0 Å². The number of aromatic carboxylic acids is 1. The summed E-state index contributed by atoms with van der Waals surface area (Å²) in [6, 6.07) is 9.13. The first kappa shape index (κ1) is 20.1. The number of thioether (sulfide) groups is 1. The van der Waals surface area contributed by atoms with Gasteiger partial charge < -0.3 is 15.5 Å². The molecule has 1 aliphatic heterocycles. The maximum absolute atomic E-state index is 13.7. The van der Waals surface area contributed by atoms with E-state index in [1.165, 1.54) is 30.3 Å². The van der Waals surface area contributed by atoms with E-state index in [1.54, 1.807) is 6.07 Å². The average Bonchev–Trinajstić information content (AvgIpc) is 2.91. The van der Waals surface area contributed by atoms with Gasteiger partial charge in [0.2, 0.25) is 5.91 Å². The Bertz CT molecular complexity index is 1070. The number of carbonyl (C=O) groups excluding carboxylic acids is 3. The minimum absolute atomic E-state index is 0.0173. The number of amides is 3. The number of carboxylic acid groups (broad SMARTS) is 1. The lowest BCUT2D eigenvalue weighted by Gasteiger charge is -2.13. The molecule has 0 unspecified atom stereocenters. The molecule has 2 aromatic rings. The SMILES string of the molecule is O=C(CN1C(=O)S/C(=C\c2ccccc2F)C1=O)Nc1ccc(C(=O)O)c(O)c1. The third kappa shape index (κ3) is 4.43. The molecule has 1 aliphatic rings. The number of nitrogens with one attached hydrogen (secondary N) is 1. The number of halogens is 1. The fraction of sp³-hybridized carbons (Fsp3) is 0.0526. The number of nitrogens with zero attached hydrogens (tertiary/aromatic N) is 1. The van der Waals surface area contributed by atoms with Gasteiger partial charge >= 0.3 is 5.97 Å². The van der Waals surface area contributed by atoms with Gasteiger partial charge in [-0.05, 0) is 36.0 Å². The molecule has 0 spiro atoms. The summed E-state index contributed by atoms with van der Waals surface area (Å²) in [5.74, 6) is -3.90. The minimum atomic E-state index is -1.33. The molecular weight excluding hydrogens is 403 g/mol. The summed E-state index contributed by atoms with van der Waals surface area (Å²) in [5, 5.41) is 20.2. The summed E-state index contributed by atoms with van der Waals surface area (Å²) in [7, 11) is 0. The van der Waals surface area contributed by atoms with Crippen molar-refractivity contribution in [3.8, 4) is 5.75 Å². The van der Waals surface area contributed by atoms with Gasteiger partial charge in [-0.15, -0.1) is 0 Å². The molecule has 0 bridgehead atoms. The van der Waals surface area contributed by atoms with Gasteiger partial charge in [0.25, 0.3) is 11.1 Å². The Morgan fingerprint density at radius 3 is 2.55 bits per heavy atom. The molecule has 8 nitrogen and oxygen atoms in total. The minimum Gasteiger partial charge on any atom is -0.507 e. The second kappa shape index (κ2) is 8.15. The summed E-state index contributed by atoms with van der Waals surface area (Å²) in [6.45, 7) is -0.597. The van der Waals surface area contributed by atoms with Gasteiger partial charge in [-0.25, -0.2) is 9.18 Å². The topological polar surface area (TPSA) is 124 Å². The molecule has 3 N–H and O–H groups in total. The largest absolute Gasteiger partial charge is 0.507 e. The van der Waals surface area contributed by atoms with Gasteiger partial charge in [0.05, 0.1) is 4.91 Å². The highest BCUT2D eigenvalue weighted by molar-refractivity contribution is 8.18. The molecule has 0 saturated carbocycles. The van der Waals surface area contributed by atoms with Crippen molar-refractivity contribution >= 4 is 46.5 Å². The van der Waals surface area contributed by atoms with E-state index in [4.69, 9.17) is 5.11 Å². The quantitative estimate of drug-likeness (QED) is 0.640. The lowest BCUT2D eigenvalue weighted by Crippen LogP contribution is -2.36. The third-order valence-corrected chi connectivity index (χ3v) is 4.79. The van der Waals surface area contributed by atoms with Crippen LogP contribution >= 0.6 is 11.8 Å². The van der Waals surface area contributed by atoms with Crippen molar-refractivity contribution in [2.75, 3.05) is 11.9 Å². The molecule has 1 saturated heterocycles. The first-order valence-electron chi connectivity index (χ1n) is 8.12.